The van der Waals surface area contributed by atoms with E-state index in [4.69, 9.17) is 10.00 Å². The SMILES string of the molecule is O=C=C(O)C[P+](=O)O. The first-order valence-electron chi connectivity index (χ1n) is 1.73. The molecular weight excluding hydrogens is 131 g/mol. The summed E-state index contributed by atoms with van der Waals surface area (Å²) in [6.45, 7) is 0. The minimum atomic E-state index is -2.45. The zero-order valence-corrected chi connectivity index (χ0v) is 4.76. The Kier molecular flexibility index (Phi) is 3.04. The van der Waals surface area contributed by atoms with Crippen LogP contribution >= 0.6 is 8.03 Å². The smallest absolute Gasteiger partial charge is 0.499 e. The van der Waals surface area contributed by atoms with Crippen molar-refractivity contribution < 1.29 is 19.4 Å². The van der Waals surface area contributed by atoms with Crippen LogP contribution in [0.1, 0.15) is 0 Å². The van der Waals surface area contributed by atoms with Gasteiger partial charge < -0.3 is 5.11 Å². The molecule has 1 atom stereocenters. The van der Waals surface area contributed by atoms with Gasteiger partial charge in [0.05, 0.1) is 0 Å². The van der Waals surface area contributed by atoms with Crippen molar-refractivity contribution in [2.75, 3.05) is 6.16 Å². The van der Waals surface area contributed by atoms with Crippen molar-refractivity contribution in [3.05, 3.63) is 5.76 Å². The van der Waals surface area contributed by atoms with E-state index in [0.29, 0.717) is 0 Å². The third kappa shape index (κ3) is 3.50. The molecule has 0 spiro atoms. The number of rotatable bonds is 2. The standard InChI is InChI=1S/C3H3O4P/c4-1-3(5)2-8(6)7/h2H2,(H-,5,6,7)/p+1. The fourth-order valence-corrected chi connectivity index (χ4v) is 0.481. The van der Waals surface area contributed by atoms with Crippen molar-refractivity contribution in [3.8, 4) is 0 Å². The number of aliphatic hydroxyl groups excluding tert-OH is 1. The predicted molar refractivity (Wildman–Crippen MR) is 26.5 cm³/mol. The Bertz CT molecular complexity index is 145. The average Bonchev–Trinajstić information content (AvgIpc) is 1.65. The fourth-order valence-electron chi connectivity index (χ4n) is 0.160. The molecule has 0 radical (unpaired) electrons. The van der Waals surface area contributed by atoms with E-state index in [1.165, 1.54) is 0 Å². The van der Waals surface area contributed by atoms with Crippen LogP contribution in [0.4, 0.5) is 0 Å². The molecule has 0 aromatic rings. The Morgan fingerprint density at radius 1 is 1.75 bits per heavy atom. The van der Waals surface area contributed by atoms with Crippen molar-refractivity contribution in [3.63, 3.8) is 0 Å². The van der Waals surface area contributed by atoms with E-state index < -0.39 is 19.9 Å². The van der Waals surface area contributed by atoms with Gasteiger partial charge >= 0.3 is 8.03 Å². The molecule has 0 aliphatic rings. The highest BCUT2D eigenvalue weighted by atomic mass is 31.1. The van der Waals surface area contributed by atoms with Crippen LogP contribution in [0.3, 0.4) is 0 Å². The molecule has 4 nitrogen and oxygen atoms in total. The highest BCUT2D eigenvalue weighted by Crippen LogP contribution is 2.13. The summed E-state index contributed by atoms with van der Waals surface area (Å²) >= 11 is 0. The summed E-state index contributed by atoms with van der Waals surface area (Å²) in [5.74, 6) is 0.360. The first-order valence-corrected chi connectivity index (χ1v) is 3.13. The summed E-state index contributed by atoms with van der Waals surface area (Å²) in [5.41, 5.74) is 0. The molecule has 44 valence electrons. The topological polar surface area (TPSA) is 74.6 Å². The van der Waals surface area contributed by atoms with Crippen LogP contribution in [0.25, 0.3) is 0 Å². The van der Waals surface area contributed by atoms with Crippen LogP contribution in [0.15, 0.2) is 5.76 Å². The van der Waals surface area contributed by atoms with Crippen LogP contribution < -0.4 is 0 Å². The third-order valence-corrected chi connectivity index (χ3v) is 0.973. The Morgan fingerprint density at radius 3 is 2.38 bits per heavy atom. The van der Waals surface area contributed by atoms with Gasteiger partial charge in [-0.25, -0.2) is 4.79 Å². The van der Waals surface area contributed by atoms with Gasteiger partial charge in [0.15, 0.2) is 5.94 Å². The maximum Gasteiger partial charge on any atom is 0.514 e. The van der Waals surface area contributed by atoms with E-state index in [1.54, 1.807) is 0 Å². The lowest BCUT2D eigenvalue weighted by Crippen LogP contribution is -1.83. The monoisotopic (exact) mass is 135 g/mol. The number of aliphatic hydroxyl groups is 1. The van der Waals surface area contributed by atoms with Crippen LogP contribution in [0.2, 0.25) is 0 Å². The van der Waals surface area contributed by atoms with Crippen LogP contribution in [-0.2, 0) is 9.36 Å². The Balaban J connectivity index is 3.74. The second-order valence-corrected chi connectivity index (χ2v) is 2.08. The van der Waals surface area contributed by atoms with E-state index in [-0.39, 0.29) is 0 Å². The first kappa shape index (κ1) is 7.31. The number of allylic oxidation sites excluding steroid dienone is 1. The number of hydrogen-bond acceptors (Lipinski definition) is 3. The van der Waals surface area contributed by atoms with Crippen molar-refractivity contribution in [2.24, 2.45) is 0 Å². The Labute approximate surface area is 46.3 Å². The zero-order chi connectivity index (χ0) is 6.57. The lowest BCUT2D eigenvalue weighted by molar-refractivity contribution is 0.408. The van der Waals surface area contributed by atoms with Crippen molar-refractivity contribution in [1.29, 1.82) is 0 Å². The molecule has 0 rings (SSSR count). The van der Waals surface area contributed by atoms with Gasteiger partial charge in [-0.2, -0.15) is 4.89 Å². The zero-order valence-electron chi connectivity index (χ0n) is 3.87. The lowest BCUT2D eigenvalue weighted by Gasteiger charge is -1.73. The summed E-state index contributed by atoms with van der Waals surface area (Å²) in [7, 11) is -2.45. The van der Waals surface area contributed by atoms with Crippen LogP contribution in [0.5, 0.6) is 0 Å². The van der Waals surface area contributed by atoms with E-state index in [0.717, 1.165) is 5.94 Å². The molecule has 1 unspecified atom stereocenters. The van der Waals surface area contributed by atoms with Crippen molar-refractivity contribution in [2.45, 2.75) is 0 Å². The molecule has 0 aliphatic carbocycles. The van der Waals surface area contributed by atoms with Gasteiger partial charge in [0.1, 0.15) is 0 Å². The van der Waals surface area contributed by atoms with E-state index in [2.05, 4.69) is 0 Å². The molecule has 0 bridgehead atoms. The van der Waals surface area contributed by atoms with Crippen molar-refractivity contribution in [1.82, 2.24) is 0 Å². The molecule has 0 fully saturated rings. The molecule has 2 N–H and O–H groups in total. The van der Waals surface area contributed by atoms with Crippen molar-refractivity contribution >= 4 is 14.0 Å². The minimum absolute atomic E-state index is 0.501. The molecule has 8 heavy (non-hydrogen) atoms. The third-order valence-electron chi connectivity index (χ3n) is 0.403. The molecule has 0 amide bonds. The second kappa shape index (κ2) is 3.33. The van der Waals surface area contributed by atoms with Gasteiger partial charge in [-0.05, 0) is 4.57 Å². The van der Waals surface area contributed by atoms with Crippen LogP contribution in [-0.4, -0.2) is 22.1 Å². The lowest BCUT2D eigenvalue weighted by atomic mass is 10.7. The highest BCUT2D eigenvalue weighted by Gasteiger charge is 2.13. The number of carbonyl (C=O) groups excluding carboxylic acids is 1. The molecule has 0 heterocycles. The van der Waals surface area contributed by atoms with Gasteiger partial charge in [-0.3, -0.25) is 0 Å². The molecule has 5 heteroatoms. The normalized spacial score (nSPS) is 9.88. The summed E-state index contributed by atoms with van der Waals surface area (Å²) in [5, 5.41) is 8.18. The van der Waals surface area contributed by atoms with Gasteiger partial charge in [-0.15, -0.1) is 0 Å². The predicted octanol–water partition coefficient (Wildman–Crippen LogP) is -0.00540. The summed E-state index contributed by atoms with van der Waals surface area (Å²) in [4.78, 5) is 17.4. The summed E-state index contributed by atoms with van der Waals surface area (Å²) in [6.07, 6.45) is -0.501. The molecule has 0 aliphatic heterocycles. The van der Waals surface area contributed by atoms with Gasteiger partial charge in [-0.1, -0.05) is 0 Å². The Morgan fingerprint density at radius 2 is 2.25 bits per heavy atom. The summed E-state index contributed by atoms with van der Waals surface area (Å²) in [6, 6.07) is 0. The Hall–Kier alpha value is -0.690. The number of hydrogen-bond donors (Lipinski definition) is 2. The fraction of sp³-hybridized carbons (Fsp3) is 0.333. The highest BCUT2D eigenvalue weighted by molar-refractivity contribution is 7.38. The molecule has 0 aromatic carbocycles. The van der Waals surface area contributed by atoms with Gasteiger partial charge in [0.2, 0.25) is 11.9 Å². The quantitative estimate of drug-likeness (QED) is 0.317. The van der Waals surface area contributed by atoms with E-state index in [1.807, 2.05) is 0 Å². The van der Waals surface area contributed by atoms with E-state index >= 15 is 0 Å². The molecule has 0 saturated carbocycles. The maximum absolute atomic E-state index is 9.76. The first-order chi connectivity index (χ1) is 3.66. The van der Waals surface area contributed by atoms with Gasteiger partial charge in [0, 0.05) is 0 Å². The van der Waals surface area contributed by atoms with E-state index in [9.17, 15) is 9.36 Å². The van der Waals surface area contributed by atoms with Crippen LogP contribution in [0, 0.1) is 0 Å². The average molecular weight is 135 g/mol. The molecule has 0 saturated heterocycles. The summed E-state index contributed by atoms with van der Waals surface area (Å²) < 4.78 is 9.76. The largest absolute Gasteiger partial charge is 0.514 e. The molecule has 0 aromatic heterocycles. The maximum atomic E-state index is 9.76. The minimum Gasteiger partial charge on any atom is -0.499 e. The van der Waals surface area contributed by atoms with Gasteiger partial charge in [0.25, 0.3) is 0 Å². The molecular formula is C3H4O4P+. The second-order valence-electron chi connectivity index (χ2n) is 1.06.